The van der Waals surface area contributed by atoms with Crippen LogP contribution in [0, 0.1) is 5.41 Å². The van der Waals surface area contributed by atoms with Crippen molar-refractivity contribution in [3.63, 3.8) is 0 Å². The summed E-state index contributed by atoms with van der Waals surface area (Å²) in [6, 6.07) is 0. The van der Waals surface area contributed by atoms with Crippen LogP contribution >= 0.6 is 0 Å². The van der Waals surface area contributed by atoms with E-state index in [2.05, 4.69) is 0 Å². The van der Waals surface area contributed by atoms with Crippen LogP contribution in [0.2, 0.25) is 0 Å². The first kappa shape index (κ1) is 8.33. The van der Waals surface area contributed by atoms with E-state index in [-0.39, 0.29) is 12.0 Å². The molecule has 0 aromatic rings. The molecule has 1 saturated carbocycles. The summed E-state index contributed by atoms with van der Waals surface area (Å²) in [6.45, 7) is 0.559. The SMILES string of the molecule is CN(CC1(CO)CC1)C(=O)O. The smallest absolute Gasteiger partial charge is 0.407 e. The minimum absolute atomic E-state index is 0.102. The zero-order valence-corrected chi connectivity index (χ0v) is 6.58. The number of carbonyl (C=O) groups is 1. The molecule has 1 aliphatic carbocycles. The second kappa shape index (κ2) is 2.70. The molecule has 64 valence electrons. The van der Waals surface area contributed by atoms with Crippen LogP contribution in [0.3, 0.4) is 0 Å². The molecule has 0 spiro atoms. The van der Waals surface area contributed by atoms with Gasteiger partial charge in [0.2, 0.25) is 0 Å². The summed E-state index contributed by atoms with van der Waals surface area (Å²) < 4.78 is 0. The summed E-state index contributed by atoms with van der Waals surface area (Å²) in [4.78, 5) is 11.6. The van der Waals surface area contributed by atoms with Crippen molar-refractivity contribution in [2.75, 3.05) is 20.2 Å². The van der Waals surface area contributed by atoms with Gasteiger partial charge in [0.1, 0.15) is 0 Å². The minimum Gasteiger partial charge on any atom is -0.465 e. The van der Waals surface area contributed by atoms with Crippen molar-refractivity contribution >= 4 is 6.09 Å². The Kier molecular flexibility index (Phi) is 2.04. The zero-order valence-electron chi connectivity index (χ0n) is 6.58. The molecule has 0 saturated heterocycles. The van der Waals surface area contributed by atoms with E-state index in [1.165, 1.54) is 11.9 Å². The van der Waals surface area contributed by atoms with Crippen LogP contribution in [-0.4, -0.2) is 41.4 Å². The number of aliphatic hydroxyl groups is 1. The third-order valence-corrected chi connectivity index (χ3v) is 2.19. The van der Waals surface area contributed by atoms with Gasteiger partial charge in [-0.05, 0) is 12.8 Å². The fraction of sp³-hybridized carbons (Fsp3) is 0.857. The summed E-state index contributed by atoms with van der Waals surface area (Å²) in [5.74, 6) is 0. The van der Waals surface area contributed by atoms with Crippen molar-refractivity contribution in [1.82, 2.24) is 4.90 Å². The van der Waals surface area contributed by atoms with E-state index in [4.69, 9.17) is 10.2 Å². The van der Waals surface area contributed by atoms with Crippen LogP contribution in [0.1, 0.15) is 12.8 Å². The highest BCUT2D eigenvalue weighted by molar-refractivity contribution is 5.64. The number of carboxylic acid groups (broad SMARTS) is 1. The number of amides is 1. The third kappa shape index (κ3) is 1.83. The molecule has 0 aliphatic heterocycles. The Hall–Kier alpha value is -0.770. The van der Waals surface area contributed by atoms with Crippen molar-refractivity contribution in [2.45, 2.75) is 12.8 Å². The second-order valence-corrected chi connectivity index (χ2v) is 3.30. The molecule has 1 aliphatic rings. The second-order valence-electron chi connectivity index (χ2n) is 3.30. The van der Waals surface area contributed by atoms with Crippen LogP contribution in [0.4, 0.5) is 4.79 Å². The lowest BCUT2D eigenvalue weighted by Gasteiger charge is -2.18. The number of rotatable bonds is 3. The largest absolute Gasteiger partial charge is 0.465 e. The summed E-state index contributed by atoms with van der Waals surface area (Å²) in [5, 5.41) is 17.4. The highest BCUT2D eigenvalue weighted by Gasteiger charge is 2.43. The van der Waals surface area contributed by atoms with Crippen molar-refractivity contribution < 1.29 is 15.0 Å². The van der Waals surface area contributed by atoms with Crippen molar-refractivity contribution in [3.05, 3.63) is 0 Å². The molecule has 1 amide bonds. The van der Waals surface area contributed by atoms with Gasteiger partial charge in [0.05, 0.1) is 6.61 Å². The van der Waals surface area contributed by atoms with E-state index in [9.17, 15) is 4.79 Å². The summed E-state index contributed by atoms with van der Waals surface area (Å²) in [6.07, 6.45) is 0.965. The fourth-order valence-electron chi connectivity index (χ4n) is 1.11. The average molecular weight is 159 g/mol. The topological polar surface area (TPSA) is 60.8 Å². The maximum Gasteiger partial charge on any atom is 0.407 e. The predicted octanol–water partition coefficient (Wildman–Crippen LogP) is 0.369. The average Bonchev–Trinajstić information content (AvgIpc) is 2.69. The van der Waals surface area contributed by atoms with E-state index in [1.807, 2.05) is 0 Å². The molecule has 0 aromatic carbocycles. The van der Waals surface area contributed by atoms with Gasteiger partial charge < -0.3 is 15.1 Å². The van der Waals surface area contributed by atoms with E-state index in [1.54, 1.807) is 0 Å². The van der Waals surface area contributed by atoms with Crippen LogP contribution in [0.15, 0.2) is 0 Å². The Balaban J connectivity index is 2.35. The summed E-state index contributed by atoms with van der Waals surface area (Å²) in [5.41, 5.74) is -0.104. The number of nitrogens with zero attached hydrogens (tertiary/aromatic N) is 1. The lowest BCUT2D eigenvalue weighted by atomic mass is 10.1. The van der Waals surface area contributed by atoms with Gasteiger partial charge in [0.15, 0.2) is 0 Å². The molecular weight excluding hydrogens is 146 g/mol. The molecule has 11 heavy (non-hydrogen) atoms. The zero-order chi connectivity index (χ0) is 8.48. The van der Waals surface area contributed by atoms with Gasteiger partial charge in [0.25, 0.3) is 0 Å². The van der Waals surface area contributed by atoms with Gasteiger partial charge >= 0.3 is 6.09 Å². The molecule has 4 nitrogen and oxygen atoms in total. The monoisotopic (exact) mass is 159 g/mol. The fourth-order valence-corrected chi connectivity index (χ4v) is 1.11. The highest BCUT2D eigenvalue weighted by atomic mass is 16.4. The minimum atomic E-state index is -0.926. The molecule has 0 aromatic heterocycles. The quantitative estimate of drug-likeness (QED) is 0.625. The molecule has 1 rings (SSSR count). The lowest BCUT2D eigenvalue weighted by molar-refractivity contribution is 0.129. The van der Waals surface area contributed by atoms with Gasteiger partial charge in [0, 0.05) is 19.0 Å². The normalized spacial score (nSPS) is 19.5. The summed E-state index contributed by atoms with van der Waals surface area (Å²) in [7, 11) is 1.53. The molecule has 0 bridgehead atoms. The molecule has 0 radical (unpaired) electrons. The predicted molar refractivity (Wildman–Crippen MR) is 39.4 cm³/mol. The maximum atomic E-state index is 10.4. The van der Waals surface area contributed by atoms with E-state index in [0.717, 1.165) is 12.8 Å². The van der Waals surface area contributed by atoms with Gasteiger partial charge in [-0.3, -0.25) is 0 Å². The standard InChI is InChI=1S/C7H13NO3/c1-8(6(10)11)4-7(5-9)2-3-7/h9H,2-5H2,1H3,(H,10,11). The van der Waals surface area contributed by atoms with Gasteiger partial charge in [-0.15, -0.1) is 0 Å². The van der Waals surface area contributed by atoms with Gasteiger partial charge in [-0.2, -0.15) is 0 Å². The summed E-state index contributed by atoms with van der Waals surface area (Å²) >= 11 is 0. The Morgan fingerprint density at radius 3 is 2.45 bits per heavy atom. The first-order valence-electron chi connectivity index (χ1n) is 3.65. The molecule has 1 fully saturated rings. The molecule has 0 heterocycles. The van der Waals surface area contributed by atoms with Crippen LogP contribution in [-0.2, 0) is 0 Å². The molecule has 0 unspecified atom stereocenters. The van der Waals surface area contributed by atoms with Crippen LogP contribution in [0.5, 0.6) is 0 Å². The third-order valence-electron chi connectivity index (χ3n) is 2.19. The van der Waals surface area contributed by atoms with Crippen molar-refractivity contribution in [2.24, 2.45) is 5.41 Å². The van der Waals surface area contributed by atoms with Crippen molar-refractivity contribution in [3.8, 4) is 0 Å². The van der Waals surface area contributed by atoms with Crippen LogP contribution < -0.4 is 0 Å². The molecular formula is C7H13NO3. The molecule has 4 heteroatoms. The Bertz CT molecular complexity index is 165. The van der Waals surface area contributed by atoms with Gasteiger partial charge in [-0.1, -0.05) is 0 Å². The Labute approximate surface area is 65.4 Å². The molecule has 0 atom stereocenters. The number of hydrogen-bond acceptors (Lipinski definition) is 2. The number of hydrogen-bond donors (Lipinski definition) is 2. The Morgan fingerprint density at radius 1 is 1.64 bits per heavy atom. The van der Waals surface area contributed by atoms with E-state index >= 15 is 0 Å². The number of aliphatic hydroxyl groups excluding tert-OH is 1. The highest BCUT2D eigenvalue weighted by Crippen LogP contribution is 2.45. The molecule has 2 N–H and O–H groups in total. The first-order valence-corrected chi connectivity index (χ1v) is 3.65. The van der Waals surface area contributed by atoms with Crippen LogP contribution in [0.25, 0.3) is 0 Å². The van der Waals surface area contributed by atoms with Gasteiger partial charge in [-0.25, -0.2) is 4.79 Å². The lowest BCUT2D eigenvalue weighted by Crippen LogP contribution is -2.32. The first-order chi connectivity index (χ1) is 5.09. The van der Waals surface area contributed by atoms with E-state index < -0.39 is 6.09 Å². The maximum absolute atomic E-state index is 10.4. The Morgan fingerprint density at radius 2 is 2.18 bits per heavy atom. The van der Waals surface area contributed by atoms with E-state index in [0.29, 0.717) is 6.54 Å². The van der Waals surface area contributed by atoms with Crippen molar-refractivity contribution in [1.29, 1.82) is 0 Å².